The Bertz CT molecular complexity index is 439. The number of aromatic nitrogens is 1. The van der Waals surface area contributed by atoms with Gasteiger partial charge in [-0.05, 0) is 31.6 Å². The van der Waals surface area contributed by atoms with Crippen LogP contribution in [0.1, 0.15) is 57.1 Å². The molecule has 2 saturated carbocycles. The summed E-state index contributed by atoms with van der Waals surface area (Å²) in [6.07, 6.45) is 7.05. The molecule has 0 radical (unpaired) electrons. The molecule has 2 atom stereocenters. The highest BCUT2D eigenvalue weighted by Crippen LogP contribution is 2.41. The average Bonchev–Trinajstić information content (AvgIpc) is 3.11. The number of carbonyl (C=O) groups excluding carboxylic acids is 1. The maximum atomic E-state index is 12.2. The molecule has 98 valence electrons. The number of rotatable bonds is 3. The summed E-state index contributed by atoms with van der Waals surface area (Å²) in [6.45, 7) is 2.24. The van der Waals surface area contributed by atoms with E-state index in [2.05, 4.69) is 22.6 Å². The van der Waals surface area contributed by atoms with Crippen LogP contribution < -0.4 is 5.32 Å². The zero-order chi connectivity index (χ0) is 12.5. The minimum absolute atomic E-state index is 0.179. The Morgan fingerprint density at radius 2 is 2.22 bits per heavy atom. The van der Waals surface area contributed by atoms with E-state index in [-0.39, 0.29) is 11.8 Å². The third-order valence-corrected chi connectivity index (χ3v) is 4.83. The first-order valence-electron chi connectivity index (χ1n) is 6.98. The van der Waals surface area contributed by atoms with Crippen molar-refractivity contribution in [3.63, 3.8) is 0 Å². The van der Waals surface area contributed by atoms with Crippen LogP contribution in [0.5, 0.6) is 0 Å². The number of thiazole rings is 1. The van der Waals surface area contributed by atoms with Crippen LogP contribution in [0, 0.1) is 11.8 Å². The number of carbonyl (C=O) groups is 1. The third-order valence-electron chi connectivity index (χ3n) is 4.05. The van der Waals surface area contributed by atoms with E-state index >= 15 is 0 Å². The van der Waals surface area contributed by atoms with Crippen LogP contribution >= 0.6 is 11.3 Å². The van der Waals surface area contributed by atoms with Crippen molar-refractivity contribution in [3.8, 4) is 0 Å². The number of amides is 1. The Kier molecular flexibility index (Phi) is 3.37. The van der Waals surface area contributed by atoms with E-state index in [1.165, 1.54) is 31.4 Å². The summed E-state index contributed by atoms with van der Waals surface area (Å²) in [6, 6.07) is 0. The van der Waals surface area contributed by atoms with Gasteiger partial charge in [0.2, 0.25) is 5.91 Å². The van der Waals surface area contributed by atoms with Gasteiger partial charge < -0.3 is 5.32 Å². The standard InChI is InChI=1S/C14H20N2OS/c1-9-3-2-4-11(7-9)13(17)16-14-15-12(8-18-14)10-5-6-10/h8-11H,2-7H2,1H3,(H,15,16,17)/t9-,11-/m1/s1. The van der Waals surface area contributed by atoms with Gasteiger partial charge in [-0.15, -0.1) is 11.3 Å². The normalized spacial score (nSPS) is 28.1. The Labute approximate surface area is 112 Å². The maximum absolute atomic E-state index is 12.2. The van der Waals surface area contributed by atoms with Crippen LogP contribution in [-0.2, 0) is 4.79 Å². The van der Waals surface area contributed by atoms with E-state index < -0.39 is 0 Å². The van der Waals surface area contributed by atoms with Gasteiger partial charge in [0, 0.05) is 17.2 Å². The second-order valence-electron chi connectivity index (χ2n) is 5.81. The molecule has 1 aromatic rings. The van der Waals surface area contributed by atoms with Crippen molar-refractivity contribution in [2.75, 3.05) is 5.32 Å². The smallest absolute Gasteiger partial charge is 0.229 e. The van der Waals surface area contributed by atoms with Gasteiger partial charge in [0.25, 0.3) is 0 Å². The molecule has 0 aromatic carbocycles. The lowest BCUT2D eigenvalue weighted by atomic mass is 9.82. The molecule has 0 saturated heterocycles. The fourth-order valence-electron chi connectivity index (χ4n) is 2.79. The molecule has 2 fully saturated rings. The summed E-state index contributed by atoms with van der Waals surface area (Å²) in [5.74, 6) is 1.73. The Balaban J connectivity index is 1.58. The van der Waals surface area contributed by atoms with E-state index in [1.54, 1.807) is 11.3 Å². The van der Waals surface area contributed by atoms with E-state index in [0.717, 1.165) is 18.0 Å². The molecule has 2 aliphatic rings. The average molecular weight is 264 g/mol. The fourth-order valence-corrected chi connectivity index (χ4v) is 3.59. The molecule has 4 heteroatoms. The fraction of sp³-hybridized carbons (Fsp3) is 0.714. The zero-order valence-electron chi connectivity index (χ0n) is 10.8. The molecule has 1 heterocycles. The molecule has 0 aliphatic heterocycles. The number of nitrogens with zero attached hydrogens (tertiary/aromatic N) is 1. The van der Waals surface area contributed by atoms with Gasteiger partial charge in [-0.25, -0.2) is 4.98 Å². The molecule has 1 N–H and O–H groups in total. The van der Waals surface area contributed by atoms with Gasteiger partial charge in [0.15, 0.2) is 5.13 Å². The van der Waals surface area contributed by atoms with Gasteiger partial charge in [-0.2, -0.15) is 0 Å². The monoisotopic (exact) mass is 264 g/mol. The lowest BCUT2D eigenvalue weighted by molar-refractivity contribution is -0.121. The van der Waals surface area contributed by atoms with E-state index in [4.69, 9.17) is 0 Å². The summed E-state index contributed by atoms with van der Waals surface area (Å²) in [4.78, 5) is 16.7. The van der Waals surface area contributed by atoms with Crippen molar-refractivity contribution in [2.45, 2.75) is 51.4 Å². The van der Waals surface area contributed by atoms with E-state index in [0.29, 0.717) is 11.8 Å². The molecule has 3 nitrogen and oxygen atoms in total. The number of nitrogens with one attached hydrogen (secondary N) is 1. The van der Waals surface area contributed by atoms with Crippen LogP contribution in [0.15, 0.2) is 5.38 Å². The quantitative estimate of drug-likeness (QED) is 0.902. The summed E-state index contributed by atoms with van der Waals surface area (Å²) >= 11 is 1.57. The van der Waals surface area contributed by atoms with Gasteiger partial charge in [-0.1, -0.05) is 19.8 Å². The highest BCUT2D eigenvalue weighted by Gasteiger charge is 2.28. The predicted octanol–water partition coefficient (Wildman–Crippen LogP) is 3.79. The van der Waals surface area contributed by atoms with Gasteiger partial charge >= 0.3 is 0 Å². The highest BCUT2D eigenvalue weighted by molar-refractivity contribution is 7.13. The third kappa shape index (κ3) is 2.74. The van der Waals surface area contributed by atoms with Gasteiger partial charge in [-0.3, -0.25) is 4.79 Å². The Morgan fingerprint density at radius 3 is 2.94 bits per heavy atom. The number of hydrogen-bond acceptors (Lipinski definition) is 3. The second-order valence-corrected chi connectivity index (χ2v) is 6.67. The molecule has 0 bridgehead atoms. The van der Waals surface area contributed by atoms with E-state index in [1.807, 2.05) is 0 Å². The molecule has 1 amide bonds. The van der Waals surface area contributed by atoms with Crippen molar-refractivity contribution in [2.24, 2.45) is 11.8 Å². The Morgan fingerprint density at radius 1 is 1.39 bits per heavy atom. The molecule has 0 unspecified atom stereocenters. The van der Waals surface area contributed by atoms with E-state index in [9.17, 15) is 4.79 Å². The topological polar surface area (TPSA) is 42.0 Å². The molecule has 18 heavy (non-hydrogen) atoms. The lowest BCUT2D eigenvalue weighted by Gasteiger charge is -2.25. The van der Waals surface area contributed by atoms with Crippen molar-refractivity contribution in [3.05, 3.63) is 11.1 Å². The van der Waals surface area contributed by atoms with Crippen molar-refractivity contribution >= 4 is 22.4 Å². The predicted molar refractivity (Wildman–Crippen MR) is 73.8 cm³/mol. The first kappa shape index (κ1) is 12.2. The van der Waals surface area contributed by atoms with Crippen molar-refractivity contribution in [1.29, 1.82) is 0 Å². The first-order chi connectivity index (χ1) is 8.72. The summed E-state index contributed by atoms with van der Waals surface area (Å²) < 4.78 is 0. The number of hydrogen-bond donors (Lipinski definition) is 1. The van der Waals surface area contributed by atoms with Gasteiger partial charge in [0.05, 0.1) is 5.69 Å². The van der Waals surface area contributed by atoms with Crippen LogP contribution in [0.4, 0.5) is 5.13 Å². The van der Waals surface area contributed by atoms with Crippen molar-refractivity contribution in [1.82, 2.24) is 4.98 Å². The van der Waals surface area contributed by atoms with Crippen LogP contribution in [0.2, 0.25) is 0 Å². The molecule has 2 aliphatic carbocycles. The van der Waals surface area contributed by atoms with Crippen molar-refractivity contribution < 1.29 is 4.79 Å². The highest BCUT2D eigenvalue weighted by atomic mass is 32.1. The summed E-state index contributed by atoms with van der Waals surface area (Å²) in [7, 11) is 0. The zero-order valence-corrected chi connectivity index (χ0v) is 11.6. The first-order valence-corrected chi connectivity index (χ1v) is 7.86. The summed E-state index contributed by atoms with van der Waals surface area (Å²) in [5.41, 5.74) is 1.17. The molecule has 1 aromatic heterocycles. The molecular formula is C14H20N2OS. The van der Waals surface area contributed by atoms with Crippen LogP contribution in [0.25, 0.3) is 0 Å². The minimum Gasteiger partial charge on any atom is -0.302 e. The molecule has 3 rings (SSSR count). The summed E-state index contributed by atoms with van der Waals surface area (Å²) in [5, 5.41) is 5.89. The molecule has 0 spiro atoms. The largest absolute Gasteiger partial charge is 0.302 e. The van der Waals surface area contributed by atoms with Crippen LogP contribution in [-0.4, -0.2) is 10.9 Å². The second kappa shape index (κ2) is 5.00. The molecular weight excluding hydrogens is 244 g/mol. The maximum Gasteiger partial charge on any atom is 0.229 e. The van der Waals surface area contributed by atoms with Crippen LogP contribution in [0.3, 0.4) is 0 Å². The SMILES string of the molecule is C[C@@H]1CCC[C@@H](C(=O)Nc2nc(C3CC3)cs2)C1. The minimum atomic E-state index is 0.179. The number of anilines is 1. The lowest BCUT2D eigenvalue weighted by Crippen LogP contribution is -2.27. The van der Waals surface area contributed by atoms with Gasteiger partial charge in [0.1, 0.15) is 0 Å². The Hall–Kier alpha value is -0.900.